The maximum Gasteiger partial charge on any atom is 0.337 e. The number of unbranched alkanes of at least 4 members (excludes halogenated alkanes) is 1. The number of hydrogen-bond donors (Lipinski definition) is 4. The molecule has 4 heterocycles. The quantitative estimate of drug-likeness (QED) is 0.118. The number of aromatic carboxylic acids is 2. The first kappa shape index (κ1) is 33.9. The Morgan fingerprint density at radius 2 is 1.51 bits per heavy atom. The normalized spacial score (nSPS) is 10.8. The van der Waals surface area contributed by atoms with Gasteiger partial charge in [0, 0.05) is 24.5 Å². The molecule has 4 aromatic heterocycles. The number of carboxylic acids is 2. The summed E-state index contributed by atoms with van der Waals surface area (Å²) in [5, 5.41) is 47.1. The van der Waals surface area contributed by atoms with Gasteiger partial charge in [-0.15, -0.1) is 25.0 Å². The average Bonchev–Trinajstić information content (AvgIpc) is 3.83. The number of imidazole rings is 1. The first-order chi connectivity index (χ1) is 24.7. The summed E-state index contributed by atoms with van der Waals surface area (Å²) in [5.41, 5.74) is -0.272. The van der Waals surface area contributed by atoms with Crippen molar-refractivity contribution >= 4 is 52.4 Å². The standard InChI is InChI=1S/C31H24ClN11O8/c32-20-14-19(31(48)49)24(35-29(45)22-6-8-27-38-40-41-43(27)39-22)15-25(20)51-12-2-1-11-50-17-3-4-18(30(46)47)23(13-17)34-28(44)21-5-7-26(37-36-21)42-10-9-33-16-42/h3-10,13-16H,1-2,11-12H2,(H,34,44)(H,35,45)(H,46,47)(H,48,49). The van der Waals surface area contributed by atoms with E-state index in [4.69, 9.17) is 21.1 Å². The second-order valence-corrected chi connectivity index (χ2v) is 10.9. The van der Waals surface area contributed by atoms with Crippen LogP contribution in [0, 0.1) is 0 Å². The Morgan fingerprint density at radius 1 is 0.784 bits per heavy atom. The number of nitrogens with one attached hydrogen (secondary N) is 2. The molecule has 0 aliphatic carbocycles. The van der Waals surface area contributed by atoms with Gasteiger partial charge in [-0.05, 0) is 65.7 Å². The van der Waals surface area contributed by atoms with Crippen LogP contribution < -0.4 is 20.1 Å². The van der Waals surface area contributed by atoms with Crippen molar-refractivity contribution < 1.29 is 38.9 Å². The molecular weight excluding hydrogens is 690 g/mol. The van der Waals surface area contributed by atoms with E-state index in [0.717, 1.165) is 10.7 Å². The molecule has 0 spiro atoms. The zero-order valence-electron chi connectivity index (χ0n) is 26.0. The number of tetrazole rings is 1. The highest BCUT2D eigenvalue weighted by Gasteiger charge is 2.20. The third-order valence-corrected chi connectivity index (χ3v) is 7.33. The Labute approximate surface area is 290 Å². The molecule has 0 saturated heterocycles. The number of nitrogens with zero attached hydrogens (tertiary/aromatic N) is 9. The minimum Gasteiger partial charge on any atom is -0.494 e. The predicted octanol–water partition coefficient (Wildman–Crippen LogP) is 3.29. The fourth-order valence-electron chi connectivity index (χ4n) is 4.55. The SMILES string of the molecule is O=C(Nc1cc(OCCCCOc2cc(NC(=O)c3ccc4nnnn4n3)c(C(=O)O)cc2Cl)ccc1C(=O)O)c1ccc(-n2ccnc2)nn1. The van der Waals surface area contributed by atoms with E-state index in [0.29, 0.717) is 30.1 Å². The van der Waals surface area contributed by atoms with Crippen LogP contribution in [0.15, 0.2) is 73.3 Å². The third-order valence-electron chi connectivity index (χ3n) is 7.04. The van der Waals surface area contributed by atoms with Crippen LogP contribution in [0.4, 0.5) is 11.4 Å². The predicted molar refractivity (Wildman–Crippen MR) is 176 cm³/mol. The summed E-state index contributed by atoms with van der Waals surface area (Å²) in [6.07, 6.45) is 5.72. The third kappa shape index (κ3) is 8.00. The van der Waals surface area contributed by atoms with Gasteiger partial charge in [0.2, 0.25) is 0 Å². The van der Waals surface area contributed by atoms with Gasteiger partial charge in [-0.3, -0.25) is 14.2 Å². The number of carboxylic acid groups (broad SMARTS) is 2. The van der Waals surface area contributed by atoms with Crippen LogP contribution in [0.2, 0.25) is 5.02 Å². The van der Waals surface area contributed by atoms with E-state index in [1.54, 1.807) is 23.0 Å². The van der Waals surface area contributed by atoms with Crippen LogP contribution in [0.1, 0.15) is 54.5 Å². The van der Waals surface area contributed by atoms with E-state index >= 15 is 0 Å². The lowest BCUT2D eigenvalue weighted by molar-refractivity contribution is 0.0686. The highest BCUT2D eigenvalue weighted by Crippen LogP contribution is 2.32. The van der Waals surface area contributed by atoms with Gasteiger partial charge in [0.05, 0.1) is 40.7 Å². The lowest BCUT2D eigenvalue weighted by Crippen LogP contribution is -2.18. The number of ether oxygens (including phenoxy) is 2. The molecule has 0 aliphatic rings. The summed E-state index contributed by atoms with van der Waals surface area (Å²) in [4.78, 5) is 53.3. The van der Waals surface area contributed by atoms with E-state index in [1.165, 1.54) is 48.8 Å². The fraction of sp³-hybridized carbons (Fsp3) is 0.129. The molecule has 4 N–H and O–H groups in total. The van der Waals surface area contributed by atoms with Crippen LogP contribution >= 0.6 is 11.6 Å². The second-order valence-electron chi connectivity index (χ2n) is 10.5. The molecule has 2 amide bonds. The number of carbonyl (C=O) groups excluding carboxylic acids is 2. The summed E-state index contributed by atoms with van der Waals surface area (Å²) < 4.78 is 14.2. The summed E-state index contributed by atoms with van der Waals surface area (Å²) >= 11 is 6.28. The fourth-order valence-corrected chi connectivity index (χ4v) is 4.76. The number of carbonyl (C=O) groups is 4. The van der Waals surface area contributed by atoms with Gasteiger partial charge < -0.3 is 30.3 Å². The largest absolute Gasteiger partial charge is 0.494 e. The van der Waals surface area contributed by atoms with Crippen molar-refractivity contribution in [3.8, 4) is 17.3 Å². The first-order valence-electron chi connectivity index (χ1n) is 14.9. The van der Waals surface area contributed by atoms with Gasteiger partial charge in [0.15, 0.2) is 22.9 Å². The second kappa shape index (κ2) is 15.0. The Bertz CT molecular complexity index is 2240. The highest BCUT2D eigenvalue weighted by atomic mass is 35.5. The minimum absolute atomic E-state index is 0.00268. The monoisotopic (exact) mass is 713 g/mol. The molecule has 0 unspecified atom stereocenters. The first-order valence-corrected chi connectivity index (χ1v) is 15.2. The number of hydrogen-bond acceptors (Lipinski definition) is 13. The summed E-state index contributed by atoms with van der Waals surface area (Å²) in [5.74, 6) is -3.08. The maximum atomic E-state index is 12.8. The highest BCUT2D eigenvalue weighted by molar-refractivity contribution is 6.32. The van der Waals surface area contributed by atoms with E-state index in [1.807, 2.05) is 0 Å². The van der Waals surface area contributed by atoms with Gasteiger partial charge >= 0.3 is 11.9 Å². The van der Waals surface area contributed by atoms with Crippen LogP contribution in [-0.2, 0) is 0 Å². The lowest BCUT2D eigenvalue weighted by Gasteiger charge is -2.14. The smallest absolute Gasteiger partial charge is 0.337 e. The molecule has 20 heteroatoms. The molecule has 0 fully saturated rings. The van der Waals surface area contributed by atoms with Gasteiger partial charge in [-0.1, -0.05) is 11.6 Å². The molecule has 6 aromatic rings. The maximum absolute atomic E-state index is 12.8. The molecular formula is C31H24ClN11O8. The molecule has 6 rings (SSSR count). The Kier molecular flexibility index (Phi) is 9.98. The average molecular weight is 714 g/mol. The summed E-state index contributed by atoms with van der Waals surface area (Å²) in [6.45, 7) is 0.357. The molecule has 2 aromatic carbocycles. The lowest BCUT2D eigenvalue weighted by atomic mass is 10.1. The van der Waals surface area contributed by atoms with E-state index in [-0.39, 0.29) is 57.9 Å². The van der Waals surface area contributed by atoms with Crippen LogP contribution in [-0.4, -0.2) is 92.2 Å². The van der Waals surface area contributed by atoms with Crippen molar-refractivity contribution in [2.24, 2.45) is 0 Å². The van der Waals surface area contributed by atoms with Gasteiger partial charge in [-0.2, -0.15) is 0 Å². The van der Waals surface area contributed by atoms with Crippen LogP contribution in [0.3, 0.4) is 0 Å². The Morgan fingerprint density at radius 3 is 2.22 bits per heavy atom. The van der Waals surface area contributed by atoms with E-state index in [9.17, 15) is 29.4 Å². The number of halogens is 1. The van der Waals surface area contributed by atoms with Crippen molar-refractivity contribution in [3.63, 3.8) is 0 Å². The molecule has 0 atom stereocenters. The van der Waals surface area contributed by atoms with E-state index in [2.05, 4.69) is 46.4 Å². The van der Waals surface area contributed by atoms with Crippen molar-refractivity contribution in [1.82, 2.24) is 45.0 Å². The van der Waals surface area contributed by atoms with Crippen molar-refractivity contribution in [2.75, 3.05) is 23.8 Å². The topological polar surface area (TPSA) is 251 Å². The number of amides is 2. The Balaban J connectivity index is 1.03. The molecule has 0 radical (unpaired) electrons. The molecule has 19 nitrogen and oxygen atoms in total. The molecule has 258 valence electrons. The van der Waals surface area contributed by atoms with Crippen LogP contribution in [0.25, 0.3) is 11.5 Å². The van der Waals surface area contributed by atoms with Crippen molar-refractivity contribution in [3.05, 3.63) is 101 Å². The zero-order valence-corrected chi connectivity index (χ0v) is 26.8. The summed E-state index contributed by atoms with van der Waals surface area (Å²) in [7, 11) is 0. The molecule has 51 heavy (non-hydrogen) atoms. The molecule has 0 aliphatic heterocycles. The molecule has 0 saturated carbocycles. The van der Waals surface area contributed by atoms with Gasteiger partial charge in [-0.25, -0.2) is 14.6 Å². The number of aromatic nitrogens is 9. The number of rotatable bonds is 14. The van der Waals surface area contributed by atoms with Crippen LogP contribution in [0.5, 0.6) is 11.5 Å². The number of fused-ring (bicyclic) bond motifs is 1. The van der Waals surface area contributed by atoms with E-state index < -0.39 is 23.8 Å². The number of anilines is 2. The van der Waals surface area contributed by atoms with Crippen molar-refractivity contribution in [1.29, 1.82) is 0 Å². The Hall–Kier alpha value is -7.02. The van der Waals surface area contributed by atoms with Gasteiger partial charge in [0.25, 0.3) is 11.8 Å². The minimum atomic E-state index is -1.33. The zero-order chi connectivity index (χ0) is 35.9. The summed E-state index contributed by atoms with van der Waals surface area (Å²) in [6, 6.07) is 12.5. The number of benzene rings is 2. The molecule has 0 bridgehead atoms. The van der Waals surface area contributed by atoms with Gasteiger partial charge in [0.1, 0.15) is 17.8 Å². The van der Waals surface area contributed by atoms with Crippen molar-refractivity contribution in [2.45, 2.75) is 12.8 Å².